The van der Waals surface area contributed by atoms with E-state index in [4.69, 9.17) is 0 Å². The number of anilines is 1. The molecule has 4 rings (SSSR count). The highest BCUT2D eigenvalue weighted by atomic mass is 32.1. The van der Waals surface area contributed by atoms with Crippen LogP contribution in [0.5, 0.6) is 0 Å². The molecular formula is C21H24N2O2S. The molecule has 3 heterocycles. The molecule has 2 aliphatic heterocycles. The molecule has 2 aromatic rings. The molecule has 0 spiro atoms. The fourth-order valence-corrected chi connectivity index (χ4v) is 5.11. The van der Waals surface area contributed by atoms with Gasteiger partial charge < -0.3 is 9.80 Å². The Labute approximate surface area is 158 Å². The van der Waals surface area contributed by atoms with Gasteiger partial charge in [0.25, 0.3) is 0 Å². The van der Waals surface area contributed by atoms with Crippen LogP contribution in [0.1, 0.15) is 41.8 Å². The van der Waals surface area contributed by atoms with Gasteiger partial charge >= 0.3 is 0 Å². The van der Waals surface area contributed by atoms with Gasteiger partial charge in [0.05, 0.1) is 12.0 Å². The number of fused-ring (bicyclic) bond motifs is 1. The van der Waals surface area contributed by atoms with Gasteiger partial charge in [-0.25, -0.2) is 0 Å². The van der Waals surface area contributed by atoms with Gasteiger partial charge in [0.15, 0.2) is 0 Å². The molecular weight excluding hydrogens is 344 g/mol. The van der Waals surface area contributed by atoms with Crippen molar-refractivity contribution in [2.75, 3.05) is 18.0 Å². The number of rotatable bonds is 3. The third kappa shape index (κ3) is 2.94. The first-order valence-electron chi connectivity index (χ1n) is 9.32. The van der Waals surface area contributed by atoms with Gasteiger partial charge in [0, 0.05) is 30.1 Å². The fourth-order valence-electron chi connectivity index (χ4n) is 4.18. The number of carbonyl (C=O) groups excluding carboxylic acids is 2. The number of hydrogen-bond donors (Lipinski definition) is 0. The van der Waals surface area contributed by atoms with Crippen molar-refractivity contribution in [3.05, 3.63) is 51.7 Å². The summed E-state index contributed by atoms with van der Waals surface area (Å²) in [5.74, 6) is -0.0526. The van der Waals surface area contributed by atoms with Crippen LogP contribution in [0.25, 0.3) is 0 Å². The van der Waals surface area contributed by atoms with Crippen LogP contribution in [0.3, 0.4) is 0 Å². The molecule has 2 atom stereocenters. The van der Waals surface area contributed by atoms with Crippen LogP contribution in [0, 0.1) is 12.8 Å². The molecule has 136 valence electrons. The SMILES string of the molecule is CCC1c2ccsc2CCN1C(=O)C1CC(=O)N(c2ccc(C)cc2)C1. The summed E-state index contributed by atoms with van der Waals surface area (Å²) in [6, 6.07) is 10.3. The van der Waals surface area contributed by atoms with E-state index >= 15 is 0 Å². The van der Waals surface area contributed by atoms with E-state index in [1.807, 2.05) is 36.1 Å². The Hall–Kier alpha value is -2.14. The van der Waals surface area contributed by atoms with Gasteiger partial charge in [-0.15, -0.1) is 11.3 Å². The summed E-state index contributed by atoms with van der Waals surface area (Å²) < 4.78 is 0. The molecule has 4 nitrogen and oxygen atoms in total. The first kappa shape index (κ1) is 17.3. The van der Waals surface area contributed by atoms with Crippen molar-refractivity contribution in [3.63, 3.8) is 0 Å². The van der Waals surface area contributed by atoms with Crippen LogP contribution in [0.15, 0.2) is 35.7 Å². The zero-order valence-electron chi connectivity index (χ0n) is 15.3. The van der Waals surface area contributed by atoms with Crippen molar-refractivity contribution in [2.24, 2.45) is 5.92 Å². The number of nitrogens with zero attached hydrogens (tertiary/aromatic N) is 2. The lowest BCUT2D eigenvalue weighted by atomic mass is 9.95. The second-order valence-corrected chi connectivity index (χ2v) is 8.25. The Morgan fingerprint density at radius 2 is 2.00 bits per heavy atom. The zero-order chi connectivity index (χ0) is 18.3. The third-order valence-electron chi connectivity index (χ3n) is 5.58. The van der Waals surface area contributed by atoms with E-state index in [0.717, 1.165) is 25.1 Å². The lowest BCUT2D eigenvalue weighted by molar-refractivity contribution is -0.138. The highest BCUT2D eigenvalue weighted by Crippen LogP contribution is 2.37. The van der Waals surface area contributed by atoms with Gasteiger partial charge in [-0.05, 0) is 48.9 Å². The molecule has 2 unspecified atom stereocenters. The molecule has 1 aromatic heterocycles. The Morgan fingerprint density at radius 1 is 1.23 bits per heavy atom. The Bertz CT molecular complexity index is 827. The van der Waals surface area contributed by atoms with Gasteiger partial charge in [-0.1, -0.05) is 24.6 Å². The minimum Gasteiger partial charge on any atom is -0.335 e. The van der Waals surface area contributed by atoms with Crippen LogP contribution < -0.4 is 4.90 Å². The van der Waals surface area contributed by atoms with Crippen LogP contribution >= 0.6 is 11.3 Å². The smallest absolute Gasteiger partial charge is 0.228 e. The van der Waals surface area contributed by atoms with E-state index in [0.29, 0.717) is 13.0 Å². The predicted octanol–water partition coefficient (Wildman–Crippen LogP) is 3.95. The number of amides is 2. The molecule has 0 radical (unpaired) electrons. The molecule has 1 saturated heterocycles. The number of hydrogen-bond acceptors (Lipinski definition) is 3. The number of aryl methyl sites for hydroxylation is 1. The maximum absolute atomic E-state index is 13.2. The van der Waals surface area contributed by atoms with Crippen LogP contribution in [0.4, 0.5) is 5.69 Å². The van der Waals surface area contributed by atoms with Gasteiger partial charge in [-0.3, -0.25) is 9.59 Å². The number of thiophene rings is 1. The lowest BCUT2D eigenvalue weighted by Gasteiger charge is -2.37. The van der Waals surface area contributed by atoms with E-state index in [9.17, 15) is 9.59 Å². The van der Waals surface area contributed by atoms with Crippen LogP contribution in [0.2, 0.25) is 0 Å². The van der Waals surface area contributed by atoms with Crippen molar-refractivity contribution >= 4 is 28.8 Å². The first-order valence-corrected chi connectivity index (χ1v) is 10.2. The topological polar surface area (TPSA) is 40.6 Å². The second kappa shape index (κ2) is 6.88. The lowest BCUT2D eigenvalue weighted by Crippen LogP contribution is -2.43. The van der Waals surface area contributed by atoms with Gasteiger partial charge in [0.2, 0.25) is 11.8 Å². The minimum atomic E-state index is -0.238. The average Bonchev–Trinajstić information content (AvgIpc) is 3.27. The number of benzene rings is 1. The molecule has 0 aliphatic carbocycles. The molecule has 2 amide bonds. The third-order valence-corrected chi connectivity index (χ3v) is 6.58. The monoisotopic (exact) mass is 368 g/mol. The van der Waals surface area contributed by atoms with Crippen LogP contribution in [-0.4, -0.2) is 29.8 Å². The van der Waals surface area contributed by atoms with Crippen molar-refractivity contribution in [2.45, 2.75) is 39.2 Å². The summed E-state index contributed by atoms with van der Waals surface area (Å²) in [4.78, 5) is 30.9. The zero-order valence-corrected chi connectivity index (χ0v) is 16.1. The molecule has 0 bridgehead atoms. The second-order valence-electron chi connectivity index (χ2n) is 7.25. The Kier molecular flexibility index (Phi) is 4.57. The highest BCUT2D eigenvalue weighted by molar-refractivity contribution is 7.10. The summed E-state index contributed by atoms with van der Waals surface area (Å²) >= 11 is 1.79. The normalized spacial score (nSPS) is 22.6. The standard InChI is InChI=1S/C21H24N2O2S/c1-3-18-17-9-11-26-19(17)8-10-22(18)21(25)15-12-20(24)23(13-15)16-6-4-14(2)5-7-16/h4-7,9,11,15,18H,3,8,10,12-13H2,1-2H3. The van der Waals surface area contributed by atoms with Crippen molar-refractivity contribution in [1.82, 2.24) is 4.90 Å². The summed E-state index contributed by atoms with van der Waals surface area (Å²) in [5, 5.41) is 2.12. The number of carbonyl (C=O) groups is 2. The van der Waals surface area contributed by atoms with E-state index in [1.165, 1.54) is 16.0 Å². The highest BCUT2D eigenvalue weighted by Gasteiger charge is 2.40. The van der Waals surface area contributed by atoms with Crippen LogP contribution in [-0.2, 0) is 16.0 Å². The fraction of sp³-hybridized carbons (Fsp3) is 0.429. The quantitative estimate of drug-likeness (QED) is 0.823. The van der Waals surface area contributed by atoms with E-state index in [1.54, 1.807) is 16.2 Å². The van der Waals surface area contributed by atoms with E-state index in [-0.39, 0.29) is 23.8 Å². The van der Waals surface area contributed by atoms with Crippen molar-refractivity contribution in [3.8, 4) is 0 Å². The van der Waals surface area contributed by atoms with E-state index in [2.05, 4.69) is 18.4 Å². The molecule has 26 heavy (non-hydrogen) atoms. The van der Waals surface area contributed by atoms with Gasteiger partial charge in [-0.2, -0.15) is 0 Å². The maximum Gasteiger partial charge on any atom is 0.228 e. The summed E-state index contributed by atoms with van der Waals surface area (Å²) in [6.07, 6.45) is 2.16. The minimum absolute atomic E-state index is 0.0495. The molecule has 0 saturated carbocycles. The first-order chi connectivity index (χ1) is 12.6. The average molecular weight is 369 g/mol. The molecule has 2 aliphatic rings. The molecule has 5 heteroatoms. The molecule has 1 aromatic carbocycles. The predicted molar refractivity (Wildman–Crippen MR) is 104 cm³/mol. The largest absolute Gasteiger partial charge is 0.335 e. The molecule has 1 fully saturated rings. The Balaban J connectivity index is 1.52. The molecule has 0 N–H and O–H groups in total. The van der Waals surface area contributed by atoms with Crippen molar-refractivity contribution < 1.29 is 9.59 Å². The van der Waals surface area contributed by atoms with Crippen molar-refractivity contribution in [1.29, 1.82) is 0 Å². The van der Waals surface area contributed by atoms with E-state index < -0.39 is 0 Å². The summed E-state index contributed by atoms with van der Waals surface area (Å²) in [5.41, 5.74) is 3.36. The Morgan fingerprint density at radius 3 is 2.73 bits per heavy atom. The van der Waals surface area contributed by atoms with Gasteiger partial charge in [0.1, 0.15) is 0 Å². The maximum atomic E-state index is 13.2. The summed E-state index contributed by atoms with van der Waals surface area (Å²) in [7, 11) is 0. The summed E-state index contributed by atoms with van der Waals surface area (Å²) in [6.45, 7) is 5.42.